The standard InChI is InChI=1S/C16H18N2OS.C2H6/c1-12-4-6-16(7-5-12)20-18-17-11-14-8-13(2)9-15(10-14)19-3;1-2/h4-11,18H,1-3H3;1-2H3. The van der Waals surface area contributed by atoms with Crippen LogP contribution in [0.3, 0.4) is 0 Å². The highest BCUT2D eigenvalue weighted by Gasteiger charge is 1.96. The number of nitrogens with one attached hydrogen (secondary N) is 1. The zero-order chi connectivity index (χ0) is 16.4. The highest BCUT2D eigenvalue weighted by molar-refractivity contribution is 7.97. The molecule has 0 atom stereocenters. The van der Waals surface area contributed by atoms with E-state index < -0.39 is 0 Å². The average Bonchev–Trinajstić information content (AvgIpc) is 2.54. The minimum atomic E-state index is 0.845. The number of methoxy groups -OCH3 is 1. The molecule has 0 heterocycles. The predicted octanol–water partition coefficient (Wildman–Crippen LogP) is 4.97. The van der Waals surface area contributed by atoms with Gasteiger partial charge in [-0.2, -0.15) is 5.10 Å². The number of hydrogen-bond acceptors (Lipinski definition) is 4. The third-order valence-electron chi connectivity index (χ3n) is 2.76. The normalized spacial score (nSPS) is 10.0. The average molecular weight is 316 g/mol. The number of rotatable bonds is 5. The first-order valence-corrected chi connectivity index (χ1v) is 8.16. The summed E-state index contributed by atoms with van der Waals surface area (Å²) in [6, 6.07) is 14.3. The summed E-state index contributed by atoms with van der Waals surface area (Å²) in [5, 5.41) is 4.21. The first-order valence-electron chi connectivity index (χ1n) is 7.34. The van der Waals surface area contributed by atoms with Gasteiger partial charge in [-0.15, -0.1) is 0 Å². The van der Waals surface area contributed by atoms with Crippen molar-refractivity contribution in [1.29, 1.82) is 0 Å². The van der Waals surface area contributed by atoms with Crippen LogP contribution in [0, 0.1) is 13.8 Å². The highest BCUT2D eigenvalue weighted by atomic mass is 32.2. The lowest BCUT2D eigenvalue weighted by atomic mass is 10.1. The smallest absolute Gasteiger partial charge is 0.119 e. The van der Waals surface area contributed by atoms with Gasteiger partial charge in [0.25, 0.3) is 0 Å². The molecule has 2 aromatic rings. The van der Waals surface area contributed by atoms with Crippen molar-refractivity contribution in [2.45, 2.75) is 32.6 Å². The van der Waals surface area contributed by atoms with E-state index in [1.165, 1.54) is 17.5 Å². The molecule has 3 nitrogen and oxygen atoms in total. The molecule has 1 N–H and O–H groups in total. The molecular formula is C18H24N2OS. The van der Waals surface area contributed by atoms with Gasteiger partial charge in [0, 0.05) is 16.8 Å². The van der Waals surface area contributed by atoms with Crippen molar-refractivity contribution in [3.8, 4) is 5.75 Å². The summed E-state index contributed by atoms with van der Waals surface area (Å²) < 4.78 is 5.24. The van der Waals surface area contributed by atoms with E-state index in [-0.39, 0.29) is 0 Å². The van der Waals surface area contributed by atoms with Crippen LogP contribution in [0.1, 0.15) is 30.5 Å². The van der Waals surface area contributed by atoms with Crippen molar-refractivity contribution < 1.29 is 4.74 Å². The summed E-state index contributed by atoms with van der Waals surface area (Å²) in [5.41, 5.74) is 3.42. The van der Waals surface area contributed by atoms with E-state index in [4.69, 9.17) is 4.74 Å². The summed E-state index contributed by atoms with van der Waals surface area (Å²) in [6.45, 7) is 8.11. The molecule has 4 heteroatoms. The fraction of sp³-hybridized carbons (Fsp3) is 0.278. The molecule has 0 fully saturated rings. The van der Waals surface area contributed by atoms with Crippen LogP contribution in [0.15, 0.2) is 52.5 Å². The van der Waals surface area contributed by atoms with Crippen LogP contribution in [0.4, 0.5) is 0 Å². The molecule has 2 rings (SSSR count). The zero-order valence-electron chi connectivity index (χ0n) is 13.9. The quantitative estimate of drug-likeness (QED) is 0.480. The SMILES string of the molecule is CC.COc1cc(C)cc(C=NNSc2ccc(C)cc2)c1. The number of hydrazone groups is 1. The van der Waals surface area contributed by atoms with Gasteiger partial charge in [0.15, 0.2) is 0 Å². The first kappa shape index (κ1) is 18.1. The van der Waals surface area contributed by atoms with Gasteiger partial charge in [0.1, 0.15) is 5.75 Å². The lowest BCUT2D eigenvalue weighted by Gasteiger charge is -2.03. The summed E-state index contributed by atoms with van der Waals surface area (Å²) >= 11 is 1.48. The number of aryl methyl sites for hydroxylation is 2. The van der Waals surface area contributed by atoms with Crippen LogP contribution in [0.2, 0.25) is 0 Å². The van der Waals surface area contributed by atoms with E-state index in [0.29, 0.717) is 0 Å². The first-order chi connectivity index (χ1) is 10.7. The Balaban J connectivity index is 0.00000116. The molecule has 2 aromatic carbocycles. The number of ether oxygens (including phenoxy) is 1. The molecule has 0 aromatic heterocycles. The van der Waals surface area contributed by atoms with Gasteiger partial charge in [-0.05, 0) is 49.2 Å². The molecule has 0 saturated carbocycles. The second kappa shape index (κ2) is 9.90. The lowest BCUT2D eigenvalue weighted by molar-refractivity contribution is 0.414. The molecule has 0 aliphatic rings. The van der Waals surface area contributed by atoms with Gasteiger partial charge in [-0.3, -0.25) is 0 Å². The molecule has 0 radical (unpaired) electrons. The largest absolute Gasteiger partial charge is 0.497 e. The maximum atomic E-state index is 5.24. The van der Waals surface area contributed by atoms with Crippen molar-refractivity contribution >= 4 is 18.2 Å². The van der Waals surface area contributed by atoms with E-state index >= 15 is 0 Å². The minimum absolute atomic E-state index is 0.845. The van der Waals surface area contributed by atoms with Crippen LogP contribution in [0.25, 0.3) is 0 Å². The van der Waals surface area contributed by atoms with Crippen LogP contribution >= 0.6 is 11.9 Å². The van der Waals surface area contributed by atoms with Crippen LogP contribution in [-0.2, 0) is 0 Å². The van der Waals surface area contributed by atoms with Crippen LogP contribution in [0.5, 0.6) is 5.75 Å². The Morgan fingerprint density at radius 1 is 1.00 bits per heavy atom. The second-order valence-corrected chi connectivity index (χ2v) is 5.41. The summed E-state index contributed by atoms with van der Waals surface area (Å²) in [7, 11) is 1.67. The molecular weight excluding hydrogens is 292 g/mol. The molecule has 0 amide bonds. The summed E-state index contributed by atoms with van der Waals surface area (Å²) in [4.78, 5) is 4.11. The Labute approximate surface area is 137 Å². The maximum Gasteiger partial charge on any atom is 0.119 e. The molecule has 22 heavy (non-hydrogen) atoms. The van der Waals surface area contributed by atoms with E-state index in [0.717, 1.165) is 21.8 Å². The van der Waals surface area contributed by atoms with E-state index in [1.807, 2.05) is 32.9 Å². The van der Waals surface area contributed by atoms with Crippen molar-refractivity contribution in [1.82, 2.24) is 4.83 Å². The minimum Gasteiger partial charge on any atom is -0.497 e. The van der Waals surface area contributed by atoms with Crippen molar-refractivity contribution in [3.05, 3.63) is 59.2 Å². The Morgan fingerprint density at radius 3 is 2.32 bits per heavy atom. The maximum absolute atomic E-state index is 5.24. The predicted molar refractivity (Wildman–Crippen MR) is 96.8 cm³/mol. The molecule has 0 unspecified atom stereocenters. The number of nitrogens with zero attached hydrogens (tertiary/aromatic N) is 1. The fourth-order valence-corrected chi connectivity index (χ4v) is 2.24. The second-order valence-electron chi connectivity index (χ2n) is 4.55. The Hall–Kier alpha value is -1.94. The van der Waals surface area contributed by atoms with E-state index in [9.17, 15) is 0 Å². The van der Waals surface area contributed by atoms with Gasteiger partial charge >= 0.3 is 0 Å². The molecule has 0 bridgehead atoms. The topological polar surface area (TPSA) is 33.6 Å². The Bertz CT molecular complexity index is 595. The Morgan fingerprint density at radius 2 is 1.68 bits per heavy atom. The summed E-state index contributed by atoms with van der Waals surface area (Å²) in [6.07, 6.45) is 1.79. The molecule has 0 saturated heterocycles. The third-order valence-corrected chi connectivity index (χ3v) is 3.46. The fourth-order valence-electron chi connectivity index (χ4n) is 1.76. The van der Waals surface area contributed by atoms with Crippen LogP contribution < -0.4 is 9.57 Å². The van der Waals surface area contributed by atoms with Crippen molar-refractivity contribution in [3.63, 3.8) is 0 Å². The van der Waals surface area contributed by atoms with Gasteiger partial charge in [0.2, 0.25) is 0 Å². The van der Waals surface area contributed by atoms with Gasteiger partial charge in [0.05, 0.1) is 13.3 Å². The van der Waals surface area contributed by atoms with Crippen LogP contribution in [-0.4, -0.2) is 13.3 Å². The number of benzene rings is 2. The molecule has 0 aliphatic carbocycles. The van der Waals surface area contributed by atoms with Crippen molar-refractivity contribution in [2.24, 2.45) is 5.10 Å². The highest BCUT2D eigenvalue weighted by Crippen LogP contribution is 2.16. The number of hydrogen-bond donors (Lipinski definition) is 1. The third kappa shape index (κ3) is 6.22. The molecule has 118 valence electrons. The summed E-state index contributed by atoms with van der Waals surface area (Å²) in [5.74, 6) is 0.845. The van der Waals surface area contributed by atoms with E-state index in [2.05, 4.69) is 47.2 Å². The van der Waals surface area contributed by atoms with E-state index in [1.54, 1.807) is 13.3 Å². The lowest BCUT2D eigenvalue weighted by Crippen LogP contribution is -1.94. The monoisotopic (exact) mass is 316 g/mol. The Kier molecular flexibility index (Phi) is 8.15. The molecule has 0 spiro atoms. The van der Waals surface area contributed by atoms with Gasteiger partial charge in [-0.25, -0.2) is 4.83 Å². The molecule has 0 aliphatic heterocycles. The zero-order valence-corrected chi connectivity index (χ0v) is 14.7. The van der Waals surface area contributed by atoms with Gasteiger partial charge < -0.3 is 4.74 Å². The van der Waals surface area contributed by atoms with Gasteiger partial charge in [-0.1, -0.05) is 37.6 Å². The van der Waals surface area contributed by atoms with Crippen molar-refractivity contribution in [2.75, 3.05) is 7.11 Å².